The van der Waals surface area contributed by atoms with Crippen LogP contribution in [-0.2, 0) is 13.1 Å². The fourth-order valence-corrected chi connectivity index (χ4v) is 1.53. The molecule has 0 spiro atoms. The van der Waals surface area contributed by atoms with Crippen molar-refractivity contribution >= 4 is 0 Å². The predicted molar refractivity (Wildman–Crippen MR) is 65.5 cm³/mol. The molecule has 0 aliphatic heterocycles. The van der Waals surface area contributed by atoms with Crippen molar-refractivity contribution in [3.8, 4) is 0 Å². The summed E-state index contributed by atoms with van der Waals surface area (Å²) in [5.41, 5.74) is 8.07. The standard InChI is InChI=1S/C13H20N2/c1-3-9-15(4-2)11-13-7-5-12(10-14)6-8-13/h3,5-8H,1,4,9-11,14H2,2H3. The summed E-state index contributed by atoms with van der Waals surface area (Å²) >= 11 is 0. The van der Waals surface area contributed by atoms with Gasteiger partial charge in [-0.3, -0.25) is 4.90 Å². The maximum Gasteiger partial charge on any atom is 0.0236 e. The first-order valence-electron chi connectivity index (χ1n) is 5.41. The van der Waals surface area contributed by atoms with Crippen molar-refractivity contribution in [3.63, 3.8) is 0 Å². The van der Waals surface area contributed by atoms with E-state index in [9.17, 15) is 0 Å². The molecule has 1 rings (SSSR count). The average molecular weight is 204 g/mol. The maximum absolute atomic E-state index is 5.55. The van der Waals surface area contributed by atoms with Crippen LogP contribution in [0.15, 0.2) is 36.9 Å². The Balaban J connectivity index is 2.58. The van der Waals surface area contributed by atoms with Crippen molar-refractivity contribution in [1.82, 2.24) is 4.90 Å². The Labute approximate surface area is 92.4 Å². The molecule has 0 fully saturated rings. The molecule has 2 nitrogen and oxygen atoms in total. The molecule has 0 saturated carbocycles. The summed E-state index contributed by atoms with van der Waals surface area (Å²) in [7, 11) is 0. The number of likely N-dealkylation sites (N-methyl/N-ethyl adjacent to an activating group) is 1. The third-order valence-electron chi connectivity index (χ3n) is 2.50. The van der Waals surface area contributed by atoms with Gasteiger partial charge in [-0.15, -0.1) is 6.58 Å². The molecule has 0 aromatic heterocycles. The van der Waals surface area contributed by atoms with Crippen LogP contribution in [0, 0.1) is 0 Å². The van der Waals surface area contributed by atoms with Crippen LogP contribution in [0.25, 0.3) is 0 Å². The van der Waals surface area contributed by atoms with E-state index in [-0.39, 0.29) is 0 Å². The molecule has 0 unspecified atom stereocenters. The Hall–Kier alpha value is -1.12. The van der Waals surface area contributed by atoms with Gasteiger partial charge in [0.2, 0.25) is 0 Å². The van der Waals surface area contributed by atoms with Gasteiger partial charge in [0.05, 0.1) is 0 Å². The minimum absolute atomic E-state index is 0.616. The van der Waals surface area contributed by atoms with Gasteiger partial charge < -0.3 is 5.73 Å². The first-order valence-corrected chi connectivity index (χ1v) is 5.41. The van der Waals surface area contributed by atoms with Crippen molar-refractivity contribution in [1.29, 1.82) is 0 Å². The predicted octanol–water partition coefficient (Wildman–Crippen LogP) is 2.15. The highest BCUT2D eigenvalue weighted by Crippen LogP contribution is 2.07. The summed E-state index contributed by atoms with van der Waals surface area (Å²) in [6.45, 7) is 9.50. The molecular weight excluding hydrogens is 184 g/mol. The normalized spacial score (nSPS) is 10.6. The van der Waals surface area contributed by atoms with Crippen LogP contribution in [0.1, 0.15) is 18.1 Å². The zero-order valence-corrected chi connectivity index (χ0v) is 9.45. The molecule has 0 atom stereocenters. The molecule has 0 radical (unpaired) electrons. The smallest absolute Gasteiger partial charge is 0.0236 e. The van der Waals surface area contributed by atoms with Crippen LogP contribution in [0.4, 0.5) is 0 Å². The summed E-state index contributed by atoms with van der Waals surface area (Å²) in [5, 5.41) is 0. The van der Waals surface area contributed by atoms with E-state index in [1.807, 2.05) is 6.08 Å². The maximum atomic E-state index is 5.55. The molecule has 0 saturated heterocycles. The zero-order valence-electron chi connectivity index (χ0n) is 9.45. The minimum atomic E-state index is 0.616. The van der Waals surface area contributed by atoms with Gasteiger partial charge in [-0.2, -0.15) is 0 Å². The lowest BCUT2D eigenvalue weighted by molar-refractivity contribution is 0.311. The van der Waals surface area contributed by atoms with Gasteiger partial charge in [0.1, 0.15) is 0 Å². The number of nitrogens with zero attached hydrogens (tertiary/aromatic N) is 1. The van der Waals surface area contributed by atoms with Crippen molar-refractivity contribution in [2.45, 2.75) is 20.0 Å². The van der Waals surface area contributed by atoms with E-state index in [0.29, 0.717) is 6.54 Å². The second kappa shape index (κ2) is 6.38. The third kappa shape index (κ3) is 3.86. The summed E-state index contributed by atoms with van der Waals surface area (Å²) < 4.78 is 0. The summed E-state index contributed by atoms with van der Waals surface area (Å²) in [6, 6.07) is 8.48. The molecule has 2 N–H and O–H groups in total. The quantitative estimate of drug-likeness (QED) is 0.719. The van der Waals surface area contributed by atoms with E-state index in [4.69, 9.17) is 5.73 Å². The van der Waals surface area contributed by atoms with Gasteiger partial charge in [0, 0.05) is 19.6 Å². The molecule has 15 heavy (non-hydrogen) atoms. The van der Waals surface area contributed by atoms with Gasteiger partial charge in [-0.05, 0) is 17.7 Å². The average Bonchev–Trinajstić information content (AvgIpc) is 2.29. The second-order valence-corrected chi connectivity index (χ2v) is 3.64. The van der Waals surface area contributed by atoms with Crippen molar-refractivity contribution < 1.29 is 0 Å². The van der Waals surface area contributed by atoms with Crippen molar-refractivity contribution in [3.05, 3.63) is 48.0 Å². The largest absolute Gasteiger partial charge is 0.326 e. The molecule has 0 aliphatic carbocycles. The SMILES string of the molecule is C=CCN(CC)Cc1ccc(CN)cc1. The Morgan fingerprint density at radius 3 is 2.33 bits per heavy atom. The molecule has 2 heteroatoms. The van der Waals surface area contributed by atoms with Gasteiger partial charge >= 0.3 is 0 Å². The van der Waals surface area contributed by atoms with E-state index in [2.05, 4.69) is 42.7 Å². The molecule has 0 bridgehead atoms. The number of hydrogen-bond donors (Lipinski definition) is 1. The Bertz CT molecular complexity index is 290. The molecule has 1 aromatic rings. The van der Waals surface area contributed by atoms with Crippen LogP contribution in [-0.4, -0.2) is 18.0 Å². The molecule has 0 heterocycles. The lowest BCUT2D eigenvalue weighted by atomic mass is 10.1. The van der Waals surface area contributed by atoms with Gasteiger partial charge in [0.25, 0.3) is 0 Å². The van der Waals surface area contributed by atoms with Gasteiger partial charge in [-0.25, -0.2) is 0 Å². The molecule has 1 aromatic carbocycles. The summed E-state index contributed by atoms with van der Waals surface area (Å²) in [6.07, 6.45) is 1.94. The highest BCUT2D eigenvalue weighted by molar-refractivity contribution is 5.22. The summed E-state index contributed by atoms with van der Waals surface area (Å²) in [5.74, 6) is 0. The van der Waals surface area contributed by atoms with Crippen LogP contribution in [0.2, 0.25) is 0 Å². The number of benzene rings is 1. The van der Waals surface area contributed by atoms with Crippen LogP contribution < -0.4 is 5.73 Å². The first kappa shape index (κ1) is 12.0. The fourth-order valence-electron chi connectivity index (χ4n) is 1.53. The lowest BCUT2D eigenvalue weighted by Crippen LogP contribution is -2.22. The molecule has 82 valence electrons. The topological polar surface area (TPSA) is 29.3 Å². The fraction of sp³-hybridized carbons (Fsp3) is 0.385. The van der Waals surface area contributed by atoms with E-state index in [0.717, 1.165) is 19.6 Å². The van der Waals surface area contributed by atoms with Gasteiger partial charge in [0.15, 0.2) is 0 Å². The van der Waals surface area contributed by atoms with Crippen LogP contribution in [0.3, 0.4) is 0 Å². The Morgan fingerprint density at radius 2 is 1.87 bits per heavy atom. The number of rotatable bonds is 6. The Kier molecular flexibility index (Phi) is 5.08. The zero-order chi connectivity index (χ0) is 11.1. The van der Waals surface area contributed by atoms with Crippen molar-refractivity contribution in [2.24, 2.45) is 5.73 Å². The minimum Gasteiger partial charge on any atom is -0.326 e. The molecular formula is C13H20N2. The third-order valence-corrected chi connectivity index (χ3v) is 2.50. The van der Waals surface area contributed by atoms with E-state index < -0.39 is 0 Å². The van der Waals surface area contributed by atoms with Crippen LogP contribution >= 0.6 is 0 Å². The number of nitrogens with two attached hydrogens (primary N) is 1. The lowest BCUT2D eigenvalue weighted by Gasteiger charge is -2.18. The second-order valence-electron chi connectivity index (χ2n) is 3.64. The van der Waals surface area contributed by atoms with E-state index in [1.54, 1.807) is 0 Å². The van der Waals surface area contributed by atoms with Crippen LogP contribution in [0.5, 0.6) is 0 Å². The first-order chi connectivity index (χ1) is 7.30. The monoisotopic (exact) mass is 204 g/mol. The van der Waals surface area contributed by atoms with E-state index >= 15 is 0 Å². The van der Waals surface area contributed by atoms with Crippen molar-refractivity contribution in [2.75, 3.05) is 13.1 Å². The highest BCUT2D eigenvalue weighted by atomic mass is 15.1. The van der Waals surface area contributed by atoms with E-state index in [1.165, 1.54) is 11.1 Å². The molecule has 0 aliphatic rings. The van der Waals surface area contributed by atoms with Gasteiger partial charge in [-0.1, -0.05) is 37.3 Å². The Morgan fingerprint density at radius 1 is 1.27 bits per heavy atom. The number of hydrogen-bond acceptors (Lipinski definition) is 2. The summed E-state index contributed by atoms with van der Waals surface area (Å²) in [4.78, 5) is 2.34. The molecule has 0 amide bonds. The highest BCUT2D eigenvalue weighted by Gasteiger charge is 2.01.